The first-order valence-electron chi connectivity index (χ1n) is 8.91. The fraction of sp³-hybridized carbons (Fsp3) is 0.150. The van der Waals surface area contributed by atoms with E-state index >= 15 is 0 Å². The van der Waals surface area contributed by atoms with Crippen molar-refractivity contribution in [3.8, 4) is 5.75 Å². The molecule has 0 unspecified atom stereocenters. The normalized spacial score (nSPS) is 10.9. The van der Waals surface area contributed by atoms with E-state index in [-0.39, 0.29) is 16.3 Å². The number of nitrogens with one attached hydrogen (secondary N) is 1. The molecule has 0 fully saturated rings. The standard InChI is InChI=1S/C20H19N3O7S/c1-23(15-6-8-16(28-2)9-7-15)31(26,27)17-5-3-4-14(12-17)20(25)29-13-19(24)21-18-10-11-30-22-18/h3-12H,13H2,1-2H3,(H,21,22,24). The summed E-state index contributed by atoms with van der Waals surface area (Å²) in [5, 5.41) is 5.88. The van der Waals surface area contributed by atoms with Crippen molar-refractivity contribution in [3.05, 3.63) is 66.4 Å². The molecule has 3 aromatic rings. The van der Waals surface area contributed by atoms with Gasteiger partial charge < -0.3 is 19.3 Å². The van der Waals surface area contributed by atoms with Gasteiger partial charge in [-0.15, -0.1) is 0 Å². The largest absolute Gasteiger partial charge is 0.497 e. The quantitative estimate of drug-likeness (QED) is 0.523. The molecule has 0 saturated carbocycles. The molecule has 0 aliphatic carbocycles. The molecule has 1 N–H and O–H groups in total. The van der Waals surface area contributed by atoms with Crippen molar-refractivity contribution in [3.63, 3.8) is 0 Å². The van der Waals surface area contributed by atoms with Gasteiger partial charge in [0.2, 0.25) is 0 Å². The summed E-state index contributed by atoms with van der Waals surface area (Å²) in [4.78, 5) is 24.0. The monoisotopic (exact) mass is 445 g/mol. The maximum absolute atomic E-state index is 13.0. The van der Waals surface area contributed by atoms with Gasteiger partial charge in [0.15, 0.2) is 12.4 Å². The molecule has 0 radical (unpaired) electrons. The highest BCUT2D eigenvalue weighted by Crippen LogP contribution is 2.24. The lowest BCUT2D eigenvalue weighted by molar-refractivity contribution is -0.119. The van der Waals surface area contributed by atoms with Crippen molar-refractivity contribution in [2.75, 3.05) is 30.4 Å². The zero-order valence-electron chi connectivity index (χ0n) is 16.6. The molecule has 0 atom stereocenters. The first-order valence-corrected chi connectivity index (χ1v) is 10.4. The third-order valence-electron chi connectivity index (χ3n) is 4.20. The minimum atomic E-state index is -3.95. The van der Waals surface area contributed by atoms with E-state index in [9.17, 15) is 18.0 Å². The number of esters is 1. The molecule has 0 spiro atoms. The summed E-state index contributed by atoms with van der Waals surface area (Å²) < 4.78 is 41.6. The second kappa shape index (κ2) is 9.30. The molecular formula is C20H19N3O7S. The van der Waals surface area contributed by atoms with Crippen LogP contribution in [-0.2, 0) is 19.6 Å². The number of hydrogen-bond donors (Lipinski definition) is 1. The number of ether oxygens (including phenoxy) is 2. The van der Waals surface area contributed by atoms with Crippen LogP contribution in [0.2, 0.25) is 0 Å². The highest BCUT2D eigenvalue weighted by Gasteiger charge is 2.23. The molecule has 0 bridgehead atoms. The highest BCUT2D eigenvalue weighted by atomic mass is 32.2. The Hall–Kier alpha value is -3.86. The number of sulfonamides is 1. The molecular weight excluding hydrogens is 426 g/mol. The number of amides is 1. The van der Waals surface area contributed by atoms with Crippen LogP contribution in [0.5, 0.6) is 5.75 Å². The van der Waals surface area contributed by atoms with Crippen LogP contribution < -0.4 is 14.4 Å². The Balaban J connectivity index is 1.70. The number of nitrogens with zero attached hydrogens (tertiary/aromatic N) is 2. The minimum Gasteiger partial charge on any atom is -0.497 e. The fourth-order valence-electron chi connectivity index (χ4n) is 2.54. The molecule has 10 nitrogen and oxygen atoms in total. The average molecular weight is 445 g/mol. The summed E-state index contributed by atoms with van der Waals surface area (Å²) in [6, 6.07) is 13.3. The third-order valence-corrected chi connectivity index (χ3v) is 5.99. The van der Waals surface area contributed by atoms with E-state index in [0.717, 1.165) is 4.31 Å². The molecule has 0 aliphatic heterocycles. The summed E-state index contributed by atoms with van der Waals surface area (Å²) in [5.41, 5.74) is 0.400. The highest BCUT2D eigenvalue weighted by molar-refractivity contribution is 7.92. The number of aromatic nitrogens is 1. The molecule has 11 heteroatoms. The summed E-state index contributed by atoms with van der Waals surface area (Å²) in [6.07, 6.45) is 1.27. The van der Waals surface area contributed by atoms with Crippen LogP contribution in [0.15, 0.2) is 70.3 Å². The first-order chi connectivity index (χ1) is 14.8. The van der Waals surface area contributed by atoms with E-state index in [2.05, 4.69) is 15.0 Å². The maximum Gasteiger partial charge on any atom is 0.338 e. The van der Waals surface area contributed by atoms with Crippen LogP contribution >= 0.6 is 0 Å². The summed E-state index contributed by atoms with van der Waals surface area (Å²) >= 11 is 0. The van der Waals surface area contributed by atoms with Crippen molar-refractivity contribution in [2.45, 2.75) is 4.90 Å². The predicted octanol–water partition coefficient (Wildman–Crippen LogP) is 2.30. The van der Waals surface area contributed by atoms with E-state index in [4.69, 9.17) is 9.47 Å². The topological polar surface area (TPSA) is 128 Å². The number of hydrogen-bond acceptors (Lipinski definition) is 8. The van der Waals surface area contributed by atoms with Crippen LogP contribution in [0.3, 0.4) is 0 Å². The van der Waals surface area contributed by atoms with Gasteiger partial charge in [0.05, 0.1) is 23.3 Å². The summed E-state index contributed by atoms with van der Waals surface area (Å²) in [5.74, 6) is -0.702. The lowest BCUT2D eigenvalue weighted by atomic mass is 10.2. The number of methoxy groups -OCH3 is 1. The third kappa shape index (κ3) is 5.20. The molecule has 31 heavy (non-hydrogen) atoms. The molecule has 1 amide bonds. The second-order valence-corrected chi connectivity index (χ2v) is 8.18. The number of rotatable bonds is 8. The Labute approximate surface area is 178 Å². The molecule has 3 rings (SSSR count). The smallest absolute Gasteiger partial charge is 0.338 e. The fourth-order valence-corrected chi connectivity index (χ4v) is 3.78. The van der Waals surface area contributed by atoms with Gasteiger partial charge in [-0.25, -0.2) is 13.2 Å². The van der Waals surface area contributed by atoms with E-state index < -0.39 is 28.5 Å². The van der Waals surface area contributed by atoms with Gasteiger partial charge in [0.1, 0.15) is 12.0 Å². The molecule has 162 valence electrons. The zero-order valence-corrected chi connectivity index (χ0v) is 17.5. The number of carbonyl (C=O) groups excluding carboxylic acids is 2. The Morgan fingerprint density at radius 1 is 1.13 bits per heavy atom. The number of carbonyl (C=O) groups is 2. The average Bonchev–Trinajstić information content (AvgIpc) is 3.30. The minimum absolute atomic E-state index is 0.0153. The van der Waals surface area contributed by atoms with Gasteiger partial charge in [-0.3, -0.25) is 9.10 Å². The van der Waals surface area contributed by atoms with Crippen LogP contribution in [0, 0.1) is 0 Å². The van der Waals surface area contributed by atoms with E-state index in [1.165, 1.54) is 50.8 Å². The van der Waals surface area contributed by atoms with Crippen LogP contribution in [0.4, 0.5) is 11.5 Å². The van der Waals surface area contributed by atoms with E-state index in [1.54, 1.807) is 24.3 Å². The van der Waals surface area contributed by atoms with Crippen molar-refractivity contribution in [1.29, 1.82) is 0 Å². The molecule has 0 saturated heterocycles. The van der Waals surface area contributed by atoms with Crippen molar-refractivity contribution < 1.29 is 32.0 Å². The Kier molecular flexibility index (Phi) is 6.55. The second-order valence-electron chi connectivity index (χ2n) is 6.21. The zero-order chi connectivity index (χ0) is 22.4. The van der Waals surface area contributed by atoms with Crippen LogP contribution in [-0.4, -0.2) is 46.2 Å². The molecule has 0 aliphatic rings. The molecule has 2 aromatic carbocycles. The van der Waals surface area contributed by atoms with Crippen LogP contribution in [0.25, 0.3) is 0 Å². The predicted molar refractivity (Wildman–Crippen MR) is 110 cm³/mol. The Morgan fingerprint density at radius 3 is 2.52 bits per heavy atom. The molecule has 1 aromatic heterocycles. The number of benzene rings is 2. The van der Waals surface area contributed by atoms with Gasteiger partial charge in [-0.05, 0) is 42.5 Å². The number of anilines is 2. The van der Waals surface area contributed by atoms with Gasteiger partial charge in [-0.1, -0.05) is 11.2 Å². The van der Waals surface area contributed by atoms with Crippen molar-refractivity contribution in [2.24, 2.45) is 0 Å². The summed E-state index contributed by atoms with van der Waals surface area (Å²) in [7, 11) is -1.04. The van der Waals surface area contributed by atoms with Gasteiger partial charge in [0, 0.05) is 13.1 Å². The summed E-state index contributed by atoms with van der Waals surface area (Å²) in [6.45, 7) is -0.575. The maximum atomic E-state index is 13.0. The SMILES string of the molecule is COc1ccc(N(C)S(=O)(=O)c2cccc(C(=O)OCC(=O)Nc3ccon3)c2)cc1. The first kappa shape index (κ1) is 21.8. The van der Waals surface area contributed by atoms with Crippen LogP contribution in [0.1, 0.15) is 10.4 Å². The lowest BCUT2D eigenvalue weighted by Crippen LogP contribution is -2.27. The van der Waals surface area contributed by atoms with E-state index in [0.29, 0.717) is 11.4 Å². The lowest BCUT2D eigenvalue weighted by Gasteiger charge is -2.20. The van der Waals surface area contributed by atoms with Crippen molar-refractivity contribution in [1.82, 2.24) is 5.16 Å². The molecule has 1 heterocycles. The van der Waals surface area contributed by atoms with E-state index in [1.807, 2.05) is 0 Å². The van der Waals surface area contributed by atoms with Gasteiger partial charge in [-0.2, -0.15) is 0 Å². The van der Waals surface area contributed by atoms with Gasteiger partial charge in [0.25, 0.3) is 15.9 Å². The van der Waals surface area contributed by atoms with Gasteiger partial charge >= 0.3 is 5.97 Å². The Morgan fingerprint density at radius 2 is 1.87 bits per heavy atom. The van der Waals surface area contributed by atoms with Crippen molar-refractivity contribution >= 4 is 33.4 Å². The Bertz CT molecular complexity index is 1160.